The number of rotatable bonds is 0. The maximum Gasteiger partial charge on any atom is 1.00 e. The summed E-state index contributed by atoms with van der Waals surface area (Å²) >= 11 is 0. The molecule has 34 heavy (non-hydrogen) atoms. The van der Waals surface area contributed by atoms with Crippen molar-refractivity contribution in [2.45, 2.75) is 0 Å². The molecule has 0 spiro atoms. The van der Waals surface area contributed by atoms with E-state index >= 15 is 0 Å². The number of carbonyl (C=O) groups is 2. The van der Waals surface area contributed by atoms with Crippen LogP contribution in [0, 0.1) is 0 Å². The van der Waals surface area contributed by atoms with Crippen LogP contribution in [0.15, 0.2) is 0 Å². The molecule has 0 aromatic rings. The predicted molar refractivity (Wildman–Crippen MR) is 84.3 cm³/mol. The molecule has 0 saturated heterocycles. The van der Waals surface area contributed by atoms with E-state index in [4.69, 9.17) is 68.5 Å². The van der Waals surface area contributed by atoms with Gasteiger partial charge >= 0.3 is 131 Å². The van der Waals surface area contributed by atoms with Crippen LogP contribution in [-0.2, 0) is 9.13 Å². The molecule has 0 radical (unpaired) electrons. The SMILES string of the molecule is O.O.O.O.O.O.O.O.O.O.O.O.O=C(O)O.O=C(O)O.O=P([O-])(O)O.O=P([O-])([O-])[O-].[Na+].[Na+].[Na+].[Na+]. The van der Waals surface area contributed by atoms with E-state index in [9.17, 15) is 0 Å². The zero-order valence-corrected chi connectivity index (χ0v) is 27.6. The molecule has 0 heterocycles. The van der Waals surface area contributed by atoms with Crippen LogP contribution in [0.3, 0.4) is 0 Å². The van der Waals surface area contributed by atoms with Gasteiger partial charge in [0.2, 0.25) is 0 Å². The van der Waals surface area contributed by atoms with Gasteiger partial charge in [-0.05, 0) is 0 Å². The van der Waals surface area contributed by atoms with Crippen LogP contribution in [0.2, 0.25) is 0 Å². The number of phosphoric acid groups is 2. The second-order valence-corrected chi connectivity index (χ2v) is 3.38. The van der Waals surface area contributed by atoms with Gasteiger partial charge in [0.1, 0.15) is 0 Å². The quantitative estimate of drug-likeness (QED) is 0.108. The van der Waals surface area contributed by atoms with Gasteiger partial charge in [0.25, 0.3) is 7.82 Å². The van der Waals surface area contributed by atoms with E-state index in [1.54, 1.807) is 0 Å². The summed E-state index contributed by atoms with van der Waals surface area (Å²) in [6.45, 7) is 0. The van der Waals surface area contributed by atoms with Crippen molar-refractivity contribution >= 4 is 28.0 Å². The molecule has 30 N–H and O–H groups in total. The van der Waals surface area contributed by atoms with Crippen molar-refractivity contribution in [3.8, 4) is 0 Å². The Morgan fingerprint density at radius 2 is 0.441 bits per heavy atom. The monoisotopic (exact) mass is 624 g/mol. The molecule has 0 aliphatic heterocycles. The van der Waals surface area contributed by atoms with Gasteiger partial charge in [-0.1, -0.05) is 0 Å². The van der Waals surface area contributed by atoms with Crippen LogP contribution in [0.5, 0.6) is 0 Å². The van der Waals surface area contributed by atoms with Crippen molar-refractivity contribution < 1.29 is 252 Å². The third-order valence-electron chi connectivity index (χ3n) is 0. The molecule has 0 unspecified atom stereocenters. The van der Waals surface area contributed by atoms with E-state index in [0.717, 1.165) is 0 Å². The van der Waals surface area contributed by atoms with Crippen LogP contribution in [0.1, 0.15) is 0 Å². The van der Waals surface area contributed by atoms with Gasteiger partial charge in [0, 0.05) is 0 Å². The molecule has 26 nitrogen and oxygen atoms in total. The van der Waals surface area contributed by atoms with Crippen LogP contribution < -0.4 is 138 Å². The van der Waals surface area contributed by atoms with Crippen molar-refractivity contribution in [1.29, 1.82) is 0 Å². The molecule has 0 aromatic carbocycles. The van der Waals surface area contributed by atoms with E-state index in [1.165, 1.54) is 0 Å². The summed E-state index contributed by atoms with van der Waals surface area (Å²) < 4.78 is 17.3. The summed E-state index contributed by atoms with van der Waals surface area (Å²) in [4.78, 5) is 65.7. The molecule has 0 rings (SSSR count). The van der Waals surface area contributed by atoms with Crippen molar-refractivity contribution in [3.05, 3.63) is 0 Å². The van der Waals surface area contributed by atoms with E-state index < -0.39 is 28.0 Å². The molecular weight excluding hydrogens is 594 g/mol. The maximum absolute atomic E-state index is 8.77. The molecule has 0 amide bonds. The average molecular weight is 624 g/mol. The fourth-order valence-corrected chi connectivity index (χ4v) is 0. The molecule has 0 fully saturated rings. The van der Waals surface area contributed by atoms with E-state index in [-0.39, 0.29) is 184 Å². The van der Waals surface area contributed by atoms with Crippen LogP contribution in [0.4, 0.5) is 9.59 Å². The zero-order chi connectivity index (χ0) is 16.2. The van der Waals surface area contributed by atoms with E-state index in [1.807, 2.05) is 0 Å². The normalized spacial score (nSPS) is 4.88. The standard InChI is InChI=1S/2CH2O3.4Na.2H3O4P.12H2O/c2*2-1(3)4;;;;;2*1-5(2,3)4;;;;;;;;;;;;/h2*(H2,2,3,4);;;;;2*(H3,1,2,3,4);12*1H2/q;;4*+1;;;;;;;;;;;;;;/p-4. The summed E-state index contributed by atoms with van der Waals surface area (Å²) in [5, 5.41) is 27.9. The first-order chi connectivity index (χ1) is 7.46. The Morgan fingerprint density at radius 3 is 0.441 bits per heavy atom. The van der Waals surface area contributed by atoms with Gasteiger partial charge in [-0.3, -0.25) is 4.57 Å². The fraction of sp³-hybridized carbons (Fsp3) is 0. The summed E-state index contributed by atoms with van der Waals surface area (Å²) in [6, 6.07) is 0. The van der Waals surface area contributed by atoms with Crippen molar-refractivity contribution in [2.75, 3.05) is 0 Å². The first-order valence-electron chi connectivity index (χ1n) is 2.80. The number of carboxylic acid groups (broad SMARTS) is 4. The molecule has 0 aliphatic carbocycles. The fourth-order valence-electron chi connectivity index (χ4n) is 0. The van der Waals surface area contributed by atoms with Crippen LogP contribution in [0.25, 0.3) is 0 Å². The second-order valence-electron chi connectivity index (χ2n) is 1.50. The molecule has 0 bridgehead atoms. The van der Waals surface area contributed by atoms with Crippen molar-refractivity contribution in [1.82, 2.24) is 0 Å². The molecule has 0 atom stereocenters. The van der Waals surface area contributed by atoms with E-state index in [2.05, 4.69) is 0 Å². The van der Waals surface area contributed by atoms with Gasteiger partial charge in [-0.2, -0.15) is 7.82 Å². The Kier molecular flexibility index (Phi) is 505. The largest absolute Gasteiger partial charge is 1.00 e. The Hall–Kier alpha value is 2.28. The van der Waals surface area contributed by atoms with Gasteiger partial charge in [-0.25, -0.2) is 9.59 Å². The average Bonchev–Trinajstić information content (AvgIpc) is 1.70. The minimum Gasteiger partial charge on any atom is -0.822 e. The number of hydrogen-bond donors (Lipinski definition) is 6. The number of hydrogen-bond acceptors (Lipinski definition) is 8. The van der Waals surface area contributed by atoms with Crippen molar-refractivity contribution in [2.24, 2.45) is 0 Å². The van der Waals surface area contributed by atoms with Gasteiger partial charge < -0.3 is 120 Å². The molecule has 32 heteroatoms. The Labute approximate surface area is 277 Å². The minimum atomic E-state index is -5.39. The van der Waals surface area contributed by atoms with E-state index in [0.29, 0.717) is 0 Å². The van der Waals surface area contributed by atoms with Gasteiger partial charge in [-0.15, -0.1) is 0 Å². The molecule has 208 valence electrons. The molecular formula is C2H30Na4O26P2. The third-order valence-corrected chi connectivity index (χ3v) is 0. The first-order valence-corrected chi connectivity index (χ1v) is 5.79. The molecule has 0 aromatic heterocycles. The topological polar surface area (TPSA) is 660 Å². The Balaban J connectivity index is -0.00000000370. The summed E-state index contributed by atoms with van der Waals surface area (Å²) in [5.41, 5.74) is 0. The van der Waals surface area contributed by atoms with Gasteiger partial charge in [0.05, 0.1) is 0 Å². The summed E-state index contributed by atoms with van der Waals surface area (Å²) in [6.07, 6.45) is -3.67. The Morgan fingerprint density at radius 1 is 0.441 bits per heavy atom. The molecule has 0 aliphatic rings. The minimum absolute atomic E-state index is 0. The first kappa shape index (κ1) is 170. The summed E-state index contributed by atoms with van der Waals surface area (Å²) in [7, 11) is -10.3. The second kappa shape index (κ2) is 101. The third kappa shape index (κ3) is 7300. The molecule has 0 saturated carbocycles. The van der Waals surface area contributed by atoms with Gasteiger partial charge in [0.15, 0.2) is 0 Å². The smallest absolute Gasteiger partial charge is 0.822 e. The maximum atomic E-state index is 8.77. The zero-order valence-electron chi connectivity index (χ0n) is 17.8. The summed E-state index contributed by atoms with van der Waals surface area (Å²) in [5.74, 6) is 0. The van der Waals surface area contributed by atoms with Crippen molar-refractivity contribution in [3.63, 3.8) is 0 Å². The Bertz CT molecular complexity index is 270. The predicted octanol–water partition coefficient (Wildman–Crippen LogP) is -25.8. The van der Waals surface area contributed by atoms with Crippen LogP contribution in [-0.4, -0.2) is 108 Å². The van der Waals surface area contributed by atoms with Crippen LogP contribution >= 0.6 is 15.6 Å².